The second-order valence-corrected chi connectivity index (χ2v) is 7.63. The Morgan fingerprint density at radius 3 is 2.50 bits per heavy atom. The second-order valence-electron chi connectivity index (χ2n) is 5.77. The van der Waals surface area contributed by atoms with Crippen molar-refractivity contribution in [1.82, 2.24) is 4.31 Å². The Morgan fingerprint density at radius 2 is 1.82 bits per heavy atom. The van der Waals surface area contributed by atoms with Gasteiger partial charge in [-0.2, -0.15) is 4.31 Å². The summed E-state index contributed by atoms with van der Waals surface area (Å²) >= 11 is 0. The molecule has 1 fully saturated rings. The van der Waals surface area contributed by atoms with Gasteiger partial charge in [-0.3, -0.25) is 0 Å². The minimum Gasteiger partial charge on any atom is -0.496 e. The van der Waals surface area contributed by atoms with Crippen molar-refractivity contribution in [2.24, 2.45) is 0 Å². The van der Waals surface area contributed by atoms with Gasteiger partial charge in [0.15, 0.2) is 0 Å². The normalized spacial score (nSPS) is 20.2. The first-order valence-corrected chi connectivity index (χ1v) is 9.07. The van der Waals surface area contributed by atoms with Crippen LogP contribution in [0.5, 0.6) is 5.75 Å². The quantitative estimate of drug-likeness (QED) is 0.871. The molecule has 2 aromatic rings. The molecule has 1 heterocycles. The Balaban J connectivity index is 2.17. The van der Waals surface area contributed by atoms with Crippen molar-refractivity contribution in [3.8, 4) is 5.75 Å². The molecule has 118 valence electrons. The standard InChI is InChI=1S/C17H21NO3S/c1-13-7-5-6-12-18(13)22(19,20)17-11-10-16(21-2)14-8-3-4-9-15(14)17/h3-4,8-11,13H,5-7,12H2,1-2H3/t13-/m1/s1. The lowest BCUT2D eigenvalue weighted by molar-refractivity contribution is 0.269. The summed E-state index contributed by atoms with van der Waals surface area (Å²) in [5.74, 6) is 0.696. The zero-order chi connectivity index (χ0) is 15.7. The van der Waals surface area contributed by atoms with Crippen LogP contribution in [0.3, 0.4) is 0 Å². The van der Waals surface area contributed by atoms with Gasteiger partial charge in [0, 0.05) is 23.4 Å². The lowest BCUT2D eigenvalue weighted by Gasteiger charge is -2.32. The summed E-state index contributed by atoms with van der Waals surface area (Å²) < 4.78 is 33.2. The van der Waals surface area contributed by atoms with Crippen LogP contribution < -0.4 is 4.74 Å². The lowest BCUT2D eigenvalue weighted by atomic mass is 10.1. The number of hydrogen-bond acceptors (Lipinski definition) is 3. The number of piperidine rings is 1. The third-order valence-corrected chi connectivity index (χ3v) is 6.46. The van der Waals surface area contributed by atoms with Crippen molar-refractivity contribution < 1.29 is 13.2 Å². The average Bonchev–Trinajstić information content (AvgIpc) is 2.54. The number of nitrogens with zero attached hydrogens (tertiary/aromatic N) is 1. The number of rotatable bonds is 3. The van der Waals surface area contributed by atoms with Gasteiger partial charge in [-0.25, -0.2) is 8.42 Å². The Labute approximate surface area is 131 Å². The Hall–Kier alpha value is -1.59. The molecule has 0 aromatic heterocycles. The van der Waals surface area contributed by atoms with E-state index in [1.54, 1.807) is 23.5 Å². The van der Waals surface area contributed by atoms with Gasteiger partial charge in [0.05, 0.1) is 12.0 Å². The third kappa shape index (κ3) is 2.48. The summed E-state index contributed by atoms with van der Waals surface area (Å²) in [5.41, 5.74) is 0. The highest BCUT2D eigenvalue weighted by atomic mass is 32.2. The molecule has 0 spiro atoms. The fraction of sp³-hybridized carbons (Fsp3) is 0.412. The van der Waals surface area contributed by atoms with E-state index >= 15 is 0 Å². The van der Waals surface area contributed by atoms with Crippen molar-refractivity contribution in [3.63, 3.8) is 0 Å². The smallest absolute Gasteiger partial charge is 0.243 e. The molecule has 2 aromatic carbocycles. The third-order valence-electron chi connectivity index (χ3n) is 4.39. The van der Waals surface area contributed by atoms with Crippen molar-refractivity contribution in [3.05, 3.63) is 36.4 Å². The van der Waals surface area contributed by atoms with Gasteiger partial charge < -0.3 is 4.74 Å². The maximum atomic E-state index is 13.1. The van der Waals surface area contributed by atoms with Gasteiger partial charge >= 0.3 is 0 Å². The van der Waals surface area contributed by atoms with Crippen LogP contribution in [0.25, 0.3) is 10.8 Å². The molecule has 1 aliphatic rings. The zero-order valence-electron chi connectivity index (χ0n) is 13.0. The lowest BCUT2D eigenvalue weighted by Crippen LogP contribution is -2.41. The molecule has 0 amide bonds. The first kappa shape index (κ1) is 15.3. The van der Waals surface area contributed by atoms with E-state index in [0.717, 1.165) is 30.0 Å². The predicted octanol–water partition coefficient (Wildman–Crippen LogP) is 3.41. The van der Waals surface area contributed by atoms with Crippen LogP contribution in [-0.4, -0.2) is 32.4 Å². The number of ether oxygens (including phenoxy) is 1. The molecular weight excluding hydrogens is 298 g/mol. The second kappa shape index (κ2) is 5.89. The molecule has 1 saturated heterocycles. The van der Waals surface area contributed by atoms with E-state index in [9.17, 15) is 8.42 Å². The van der Waals surface area contributed by atoms with E-state index in [2.05, 4.69) is 0 Å². The van der Waals surface area contributed by atoms with Crippen molar-refractivity contribution in [1.29, 1.82) is 0 Å². The van der Waals surface area contributed by atoms with Crippen LogP contribution in [0.4, 0.5) is 0 Å². The van der Waals surface area contributed by atoms with E-state index in [4.69, 9.17) is 4.74 Å². The summed E-state index contributed by atoms with van der Waals surface area (Å²) in [4.78, 5) is 0.373. The number of methoxy groups -OCH3 is 1. The Kier molecular flexibility index (Phi) is 4.10. The molecule has 1 aliphatic heterocycles. The van der Waals surface area contributed by atoms with Crippen molar-refractivity contribution in [2.45, 2.75) is 37.1 Å². The van der Waals surface area contributed by atoms with E-state index < -0.39 is 10.0 Å². The molecule has 0 saturated carbocycles. The molecule has 0 unspecified atom stereocenters. The topological polar surface area (TPSA) is 46.6 Å². The van der Waals surface area contributed by atoms with E-state index in [-0.39, 0.29) is 6.04 Å². The maximum absolute atomic E-state index is 13.1. The highest BCUT2D eigenvalue weighted by Crippen LogP contribution is 2.34. The fourth-order valence-electron chi connectivity index (χ4n) is 3.20. The van der Waals surface area contributed by atoms with E-state index in [1.165, 1.54) is 0 Å². The first-order valence-electron chi connectivity index (χ1n) is 7.63. The van der Waals surface area contributed by atoms with Crippen LogP contribution in [0.1, 0.15) is 26.2 Å². The molecule has 0 radical (unpaired) electrons. The monoisotopic (exact) mass is 319 g/mol. The van der Waals surface area contributed by atoms with Gasteiger partial charge in [0.2, 0.25) is 10.0 Å². The molecule has 22 heavy (non-hydrogen) atoms. The van der Waals surface area contributed by atoms with Crippen LogP contribution in [0, 0.1) is 0 Å². The van der Waals surface area contributed by atoms with Gasteiger partial charge in [-0.05, 0) is 31.9 Å². The Bertz CT molecular complexity index is 786. The van der Waals surface area contributed by atoms with Gasteiger partial charge in [0.25, 0.3) is 0 Å². The summed E-state index contributed by atoms with van der Waals surface area (Å²) in [7, 11) is -1.89. The Morgan fingerprint density at radius 1 is 1.09 bits per heavy atom. The number of benzene rings is 2. The summed E-state index contributed by atoms with van der Waals surface area (Å²) in [6, 6.07) is 11.0. The van der Waals surface area contributed by atoms with Crippen LogP contribution in [0.15, 0.2) is 41.3 Å². The molecule has 1 atom stereocenters. The van der Waals surface area contributed by atoms with Gasteiger partial charge in [-0.15, -0.1) is 0 Å². The van der Waals surface area contributed by atoms with E-state index in [1.807, 2.05) is 31.2 Å². The number of fused-ring (bicyclic) bond motifs is 1. The van der Waals surface area contributed by atoms with Crippen LogP contribution >= 0.6 is 0 Å². The van der Waals surface area contributed by atoms with E-state index in [0.29, 0.717) is 17.2 Å². The molecular formula is C17H21NO3S. The SMILES string of the molecule is COc1ccc(S(=O)(=O)N2CCCC[C@H]2C)c2ccccc12. The summed E-state index contributed by atoms with van der Waals surface area (Å²) in [6.07, 6.45) is 2.95. The molecule has 0 N–H and O–H groups in total. The highest BCUT2D eigenvalue weighted by molar-refractivity contribution is 7.89. The van der Waals surface area contributed by atoms with Crippen LogP contribution in [0.2, 0.25) is 0 Å². The van der Waals surface area contributed by atoms with Crippen molar-refractivity contribution in [2.75, 3.05) is 13.7 Å². The van der Waals surface area contributed by atoms with Gasteiger partial charge in [0.1, 0.15) is 5.75 Å². The fourth-order valence-corrected chi connectivity index (χ4v) is 5.10. The molecule has 0 aliphatic carbocycles. The maximum Gasteiger partial charge on any atom is 0.243 e. The van der Waals surface area contributed by atoms with Gasteiger partial charge in [-0.1, -0.05) is 30.7 Å². The highest BCUT2D eigenvalue weighted by Gasteiger charge is 2.32. The molecule has 3 rings (SSSR count). The largest absolute Gasteiger partial charge is 0.496 e. The zero-order valence-corrected chi connectivity index (χ0v) is 13.8. The first-order chi connectivity index (χ1) is 10.6. The number of hydrogen-bond donors (Lipinski definition) is 0. The summed E-state index contributed by atoms with van der Waals surface area (Å²) in [5, 5.41) is 1.55. The molecule has 4 nitrogen and oxygen atoms in total. The number of sulfonamides is 1. The average molecular weight is 319 g/mol. The molecule has 0 bridgehead atoms. The minimum atomic E-state index is -3.49. The van der Waals surface area contributed by atoms with Crippen LogP contribution in [-0.2, 0) is 10.0 Å². The summed E-state index contributed by atoms with van der Waals surface area (Å²) in [6.45, 7) is 2.59. The minimum absolute atomic E-state index is 0.0552. The predicted molar refractivity (Wildman–Crippen MR) is 87.7 cm³/mol. The van der Waals surface area contributed by atoms with Crippen molar-refractivity contribution >= 4 is 20.8 Å². The molecule has 5 heteroatoms.